The molecule has 0 aliphatic rings. The molecule has 0 spiro atoms. The van der Waals surface area contributed by atoms with Crippen molar-refractivity contribution < 1.29 is 19.2 Å². The molecule has 0 unspecified atom stereocenters. The molecule has 0 aromatic carbocycles. The molecule has 0 atom stereocenters. The van der Waals surface area contributed by atoms with Gasteiger partial charge in [-0.05, 0) is 0 Å². The molecule has 48 valence electrons. The Bertz CT molecular complexity index is 27.2. The first-order valence-electron chi connectivity index (χ1n) is 0.894. The summed E-state index contributed by atoms with van der Waals surface area (Å²) in [4.78, 5) is 29.3. The van der Waals surface area contributed by atoms with Crippen molar-refractivity contribution >= 4 is 28.8 Å². The molecule has 0 amide bonds. The summed E-state index contributed by atoms with van der Waals surface area (Å²) in [7, 11) is -4.61. The van der Waals surface area contributed by atoms with Crippen molar-refractivity contribution in [1.82, 2.24) is 0 Å². The molecule has 0 fully saturated rings. The van der Waals surface area contributed by atoms with Gasteiger partial charge in [0, 0.05) is 0 Å². The molecule has 7 heavy (non-hydrogen) atoms. The summed E-state index contributed by atoms with van der Waals surface area (Å²) < 4.78 is 0. The summed E-state index contributed by atoms with van der Waals surface area (Å²) >= 11 is 0. The Balaban J connectivity index is -0.0000000800. The Kier molecular flexibility index (Phi) is 8.79. The minimum absolute atomic E-state index is 0. The molecule has 0 aliphatic heterocycles. The van der Waals surface area contributed by atoms with Crippen molar-refractivity contribution in [2.45, 2.75) is 0 Å². The molecule has 0 aromatic heterocycles. The fraction of sp³-hybridized carbons (Fsp3) is 0. The summed E-state index contributed by atoms with van der Waals surface area (Å²) in [5.41, 5.74) is 0. The van der Waals surface area contributed by atoms with Gasteiger partial charge in [-0.2, -0.15) is 0 Å². The first kappa shape index (κ1) is 15.9. The molecule has 0 bridgehead atoms. The van der Waals surface area contributed by atoms with Gasteiger partial charge in [0.1, 0.15) is 0 Å². The van der Waals surface area contributed by atoms with Gasteiger partial charge in [-0.25, -0.2) is 0 Å². The second-order valence-electron chi connectivity index (χ2n) is 0.600. The van der Waals surface area contributed by atoms with Crippen LogP contribution in [-0.4, -0.2) is 48.0 Å². The Morgan fingerprint density at radius 1 is 0.857 bits per heavy atom. The van der Waals surface area contributed by atoms with E-state index in [0.29, 0.717) is 0 Å². The average molecular weight is 420 g/mol. The van der Waals surface area contributed by atoms with Crippen LogP contribution in [-0.2, 0) is 0 Å². The molecule has 0 saturated heterocycles. The van der Waals surface area contributed by atoms with Gasteiger partial charge in [0.25, 0.3) is 0 Å². The van der Waals surface area contributed by atoms with Crippen molar-refractivity contribution in [2.75, 3.05) is 0 Å². The van der Waals surface area contributed by atoms with E-state index in [9.17, 15) is 0 Å². The summed E-state index contributed by atoms with van der Waals surface area (Å²) in [6.07, 6.45) is 0. The Morgan fingerprint density at radius 3 is 0.857 bits per heavy atom. The van der Waals surface area contributed by atoms with E-state index in [0.717, 1.165) is 0 Å². The summed E-state index contributed by atoms with van der Waals surface area (Å²) in [6.45, 7) is 0. The van der Waals surface area contributed by atoms with E-state index in [1.54, 1.807) is 0 Å². The average Bonchev–Trinajstić information content (AvgIpc) is 0.722. The van der Waals surface area contributed by atoms with Crippen LogP contribution < -0.4 is 0 Å². The van der Waals surface area contributed by atoms with E-state index < -0.39 is 9.05 Å². The van der Waals surface area contributed by atoms with Crippen molar-refractivity contribution in [3.05, 3.63) is 0 Å². The van der Waals surface area contributed by atoms with E-state index in [4.69, 9.17) is 19.2 Å². The van der Waals surface area contributed by atoms with E-state index in [1.807, 2.05) is 0 Å². The molecule has 0 radical (unpaired) electrons. The molecule has 0 heterocycles. The van der Waals surface area contributed by atoms with Crippen molar-refractivity contribution in [3.63, 3.8) is 0 Å². The maximum atomic E-state index is 7.33. The van der Waals surface area contributed by atoms with Crippen LogP contribution >= 0.6 is 0 Å². The summed E-state index contributed by atoms with van der Waals surface area (Å²) in [6, 6.07) is 0. The third-order valence-electron chi connectivity index (χ3n) is 0. The van der Waals surface area contributed by atoms with Gasteiger partial charge in [0.2, 0.25) is 0 Å². The monoisotopic (exact) mass is 417 g/mol. The first-order valence-corrected chi connectivity index (χ1v) is 2.68. The normalized spacial score (nSPS) is 8.57. The molecule has 4 N–H and O–H groups in total. The molecule has 4 nitrogen and oxygen atoms in total. The Hall–Kier alpha value is -0.307. The fourth-order valence-electron chi connectivity index (χ4n) is 0. The predicted molar refractivity (Wildman–Crippen MR) is 24.6 cm³/mol. The molecule has 7 heteroatoms. The van der Waals surface area contributed by atoms with Crippen LogP contribution in [0.1, 0.15) is 0 Å². The molecule has 0 aromatic rings. The van der Waals surface area contributed by atoms with E-state index >= 15 is 0 Å². The van der Waals surface area contributed by atoms with E-state index in [1.165, 1.54) is 0 Å². The maximum absolute atomic E-state index is 7.33. The second kappa shape index (κ2) is 3.87. The molecular formula is H7CfGaO4Si. The first-order chi connectivity index (χ1) is 2.00. The zero-order valence-electron chi connectivity index (χ0n) is 2.61. The predicted octanol–water partition coefficient (Wildman–Crippen LogP) is -3.79. The number of rotatable bonds is 0. The minimum atomic E-state index is -4.61. The molecular weight excluding hydrogens is 413 g/mol. The standard InChI is InChI=1S/Cf.Ga.H4O4Si.3H/c;;1-5(2,3)4;;;/h;;1-4H;;;. The van der Waals surface area contributed by atoms with Gasteiger partial charge < -0.3 is 19.2 Å². The molecule has 0 aliphatic carbocycles. The van der Waals surface area contributed by atoms with Crippen molar-refractivity contribution in [3.8, 4) is 0 Å². The van der Waals surface area contributed by atoms with Gasteiger partial charge in [0.05, 0.1) is 0 Å². The van der Waals surface area contributed by atoms with Gasteiger partial charge in [-0.1, -0.05) is 0 Å². The SMILES string of the molecule is O[Si](O)(O)O.[Cf].[GaH3]. The van der Waals surface area contributed by atoms with Crippen molar-refractivity contribution in [1.29, 1.82) is 0 Å². The third kappa shape index (κ3) is 825. The van der Waals surface area contributed by atoms with Crippen LogP contribution in [0, 0.1) is 0 Å². The summed E-state index contributed by atoms with van der Waals surface area (Å²) in [5, 5.41) is 0. The Morgan fingerprint density at radius 2 is 0.857 bits per heavy atom. The van der Waals surface area contributed by atoms with E-state index in [-0.39, 0.29) is 19.8 Å². The molecule has 0 saturated carbocycles. The third-order valence-corrected chi connectivity index (χ3v) is 0. The topological polar surface area (TPSA) is 80.9 Å². The van der Waals surface area contributed by atoms with Crippen LogP contribution in [0.5, 0.6) is 0 Å². The van der Waals surface area contributed by atoms with Crippen LogP contribution in [0.2, 0.25) is 0 Å². The van der Waals surface area contributed by atoms with Crippen LogP contribution in [0.4, 0.5) is 0 Å². The van der Waals surface area contributed by atoms with Crippen LogP contribution in [0.3, 0.4) is 0 Å². The fourth-order valence-corrected chi connectivity index (χ4v) is 0. The molecule has 0 rings (SSSR count). The van der Waals surface area contributed by atoms with Gasteiger partial charge >= 0.3 is 28.8 Å². The van der Waals surface area contributed by atoms with Crippen molar-refractivity contribution in [2.24, 2.45) is 0 Å². The van der Waals surface area contributed by atoms with Gasteiger partial charge in [-0.3, -0.25) is 0 Å². The number of hydrogen-bond donors (Lipinski definition) is 4. The van der Waals surface area contributed by atoms with Crippen LogP contribution in [0.15, 0.2) is 0 Å². The van der Waals surface area contributed by atoms with Crippen LogP contribution in [0.25, 0.3) is 0 Å². The van der Waals surface area contributed by atoms with Gasteiger partial charge in [-0.15, -0.1) is 0 Å². The Labute approximate surface area is 48.6 Å². The second-order valence-corrected chi connectivity index (χ2v) is 1.80. The van der Waals surface area contributed by atoms with Gasteiger partial charge in [0.15, 0.2) is 0 Å². The number of hydrogen-bond acceptors (Lipinski definition) is 4. The quantitative estimate of drug-likeness (QED) is 0.304. The van der Waals surface area contributed by atoms with E-state index in [2.05, 4.69) is 0 Å². The zero-order chi connectivity index (χ0) is 4.50. The summed E-state index contributed by atoms with van der Waals surface area (Å²) in [5.74, 6) is 0. The zero-order valence-corrected chi connectivity index (χ0v) is 6.24.